The Hall–Kier alpha value is -1.59. The molecular weight excluding hydrogens is 219 g/mol. The normalized spacial score (nSPS) is 18.9. The SMILES string of the molecule is FC(F)(F)C1(c2cn3ncccc3n2)CC1. The molecule has 0 unspecified atom stereocenters. The maximum Gasteiger partial charge on any atom is 0.400 e. The van der Waals surface area contributed by atoms with Gasteiger partial charge in [-0.05, 0) is 25.0 Å². The molecule has 3 rings (SSSR count). The van der Waals surface area contributed by atoms with Crippen molar-refractivity contribution in [2.24, 2.45) is 0 Å². The third-order valence-corrected chi connectivity index (χ3v) is 3.02. The molecule has 0 N–H and O–H groups in total. The molecule has 1 aliphatic rings. The summed E-state index contributed by atoms with van der Waals surface area (Å²) in [6, 6.07) is 3.29. The summed E-state index contributed by atoms with van der Waals surface area (Å²) in [5, 5.41) is 3.91. The average molecular weight is 227 g/mol. The minimum atomic E-state index is -4.22. The van der Waals surface area contributed by atoms with Crippen molar-refractivity contribution in [3.8, 4) is 0 Å². The molecule has 2 heterocycles. The number of nitrogens with zero attached hydrogens (tertiary/aromatic N) is 3. The standard InChI is InChI=1S/C10H8F3N3/c11-10(12,13)9(3-4-9)7-6-16-8(15-7)2-1-5-14-16/h1-2,5-6H,3-4H2. The van der Waals surface area contributed by atoms with Crippen molar-refractivity contribution in [2.45, 2.75) is 24.4 Å². The van der Waals surface area contributed by atoms with Crippen LogP contribution in [0.25, 0.3) is 5.65 Å². The van der Waals surface area contributed by atoms with Crippen molar-refractivity contribution >= 4 is 5.65 Å². The highest BCUT2D eigenvalue weighted by Crippen LogP contribution is 2.58. The maximum absolute atomic E-state index is 12.8. The molecule has 0 aliphatic heterocycles. The largest absolute Gasteiger partial charge is 0.400 e. The summed E-state index contributed by atoms with van der Waals surface area (Å²) >= 11 is 0. The molecule has 0 saturated heterocycles. The molecule has 1 aliphatic carbocycles. The van der Waals surface area contributed by atoms with E-state index in [1.54, 1.807) is 12.1 Å². The Bertz CT molecular complexity index is 506. The van der Waals surface area contributed by atoms with Crippen LogP contribution in [0.15, 0.2) is 24.5 Å². The maximum atomic E-state index is 12.8. The predicted molar refractivity (Wildman–Crippen MR) is 50.0 cm³/mol. The van der Waals surface area contributed by atoms with Crippen LogP contribution < -0.4 is 0 Å². The van der Waals surface area contributed by atoms with E-state index in [2.05, 4.69) is 10.1 Å². The Morgan fingerprint density at radius 1 is 1.31 bits per heavy atom. The van der Waals surface area contributed by atoms with Crippen molar-refractivity contribution in [1.29, 1.82) is 0 Å². The van der Waals surface area contributed by atoms with Gasteiger partial charge in [0.05, 0.1) is 11.9 Å². The number of hydrogen-bond acceptors (Lipinski definition) is 2. The highest BCUT2D eigenvalue weighted by molar-refractivity contribution is 5.41. The van der Waals surface area contributed by atoms with Gasteiger partial charge < -0.3 is 0 Å². The summed E-state index contributed by atoms with van der Waals surface area (Å²) in [5.74, 6) is 0. The molecule has 3 nitrogen and oxygen atoms in total. The van der Waals surface area contributed by atoms with Gasteiger partial charge in [0, 0.05) is 6.20 Å². The van der Waals surface area contributed by atoms with E-state index in [9.17, 15) is 13.2 Å². The molecule has 16 heavy (non-hydrogen) atoms. The number of imidazole rings is 1. The fourth-order valence-electron chi connectivity index (χ4n) is 1.87. The lowest BCUT2D eigenvalue weighted by atomic mass is 10.0. The summed E-state index contributed by atoms with van der Waals surface area (Å²) in [4.78, 5) is 3.99. The molecule has 0 radical (unpaired) electrons. The fourth-order valence-corrected chi connectivity index (χ4v) is 1.87. The second-order valence-electron chi connectivity index (χ2n) is 4.03. The van der Waals surface area contributed by atoms with Gasteiger partial charge in [-0.15, -0.1) is 0 Å². The number of aromatic nitrogens is 3. The predicted octanol–water partition coefficient (Wildman–Crippen LogP) is 2.32. The summed E-state index contributed by atoms with van der Waals surface area (Å²) in [6.07, 6.45) is -1.08. The van der Waals surface area contributed by atoms with E-state index >= 15 is 0 Å². The first kappa shape index (κ1) is 9.62. The van der Waals surface area contributed by atoms with Crippen LogP contribution in [0.4, 0.5) is 13.2 Å². The molecular formula is C10H8F3N3. The summed E-state index contributed by atoms with van der Waals surface area (Å²) in [5.41, 5.74) is -1.19. The Morgan fingerprint density at radius 2 is 2.06 bits per heavy atom. The van der Waals surface area contributed by atoms with Crippen LogP contribution in [0.2, 0.25) is 0 Å². The smallest absolute Gasteiger partial charge is 0.231 e. The first-order valence-corrected chi connectivity index (χ1v) is 4.91. The zero-order valence-corrected chi connectivity index (χ0v) is 8.20. The molecule has 0 aromatic carbocycles. The van der Waals surface area contributed by atoms with Crippen molar-refractivity contribution in [3.05, 3.63) is 30.2 Å². The number of fused-ring (bicyclic) bond motifs is 1. The van der Waals surface area contributed by atoms with Crippen LogP contribution in [0, 0.1) is 0 Å². The molecule has 6 heteroatoms. The van der Waals surface area contributed by atoms with Gasteiger partial charge in [-0.2, -0.15) is 18.3 Å². The zero-order chi connectivity index (χ0) is 11.4. The van der Waals surface area contributed by atoms with Crippen LogP contribution in [-0.2, 0) is 5.41 Å². The molecule has 0 atom stereocenters. The van der Waals surface area contributed by atoms with Gasteiger partial charge in [0.25, 0.3) is 0 Å². The van der Waals surface area contributed by atoms with Gasteiger partial charge in [0.1, 0.15) is 5.41 Å². The third-order valence-electron chi connectivity index (χ3n) is 3.02. The first-order valence-electron chi connectivity index (χ1n) is 4.91. The van der Waals surface area contributed by atoms with Crippen LogP contribution in [-0.4, -0.2) is 20.8 Å². The van der Waals surface area contributed by atoms with E-state index in [-0.39, 0.29) is 18.5 Å². The quantitative estimate of drug-likeness (QED) is 0.748. The summed E-state index contributed by atoms with van der Waals surface area (Å²) in [7, 11) is 0. The Kier molecular flexibility index (Phi) is 1.65. The second-order valence-corrected chi connectivity index (χ2v) is 4.03. The van der Waals surface area contributed by atoms with Gasteiger partial charge in [-0.1, -0.05) is 0 Å². The Balaban J connectivity index is 2.14. The van der Waals surface area contributed by atoms with E-state index in [4.69, 9.17) is 0 Å². The molecule has 0 bridgehead atoms. The van der Waals surface area contributed by atoms with Crippen molar-refractivity contribution in [3.63, 3.8) is 0 Å². The number of hydrogen-bond donors (Lipinski definition) is 0. The van der Waals surface area contributed by atoms with Crippen molar-refractivity contribution in [2.75, 3.05) is 0 Å². The monoisotopic (exact) mass is 227 g/mol. The first-order chi connectivity index (χ1) is 7.53. The van der Waals surface area contributed by atoms with E-state index in [1.807, 2.05) is 0 Å². The lowest BCUT2D eigenvalue weighted by Gasteiger charge is -2.16. The van der Waals surface area contributed by atoms with E-state index < -0.39 is 11.6 Å². The van der Waals surface area contributed by atoms with Gasteiger partial charge in [0.15, 0.2) is 5.65 Å². The average Bonchev–Trinajstić information content (AvgIpc) is 2.92. The van der Waals surface area contributed by atoms with Crippen molar-refractivity contribution in [1.82, 2.24) is 14.6 Å². The third kappa shape index (κ3) is 1.15. The molecule has 1 fully saturated rings. The minimum absolute atomic E-state index is 0.0821. The fraction of sp³-hybridized carbons (Fsp3) is 0.400. The highest BCUT2D eigenvalue weighted by Gasteiger charge is 2.65. The molecule has 2 aromatic rings. The summed E-state index contributed by atoms with van der Waals surface area (Å²) in [6.45, 7) is 0. The van der Waals surface area contributed by atoms with Crippen LogP contribution in [0.1, 0.15) is 18.5 Å². The molecule has 0 amide bonds. The van der Waals surface area contributed by atoms with Gasteiger partial charge >= 0.3 is 6.18 Å². The number of alkyl halides is 3. The Labute approximate surface area is 88.9 Å². The van der Waals surface area contributed by atoms with Gasteiger partial charge in [-0.25, -0.2) is 9.50 Å². The van der Waals surface area contributed by atoms with E-state index in [0.29, 0.717) is 5.65 Å². The molecule has 2 aromatic heterocycles. The number of rotatable bonds is 1. The lowest BCUT2D eigenvalue weighted by Crippen LogP contribution is -2.28. The van der Waals surface area contributed by atoms with E-state index in [1.165, 1.54) is 16.9 Å². The topological polar surface area (TPSA) is 30.2 Å². The van der Waals surface area contributed by atoms with Crippen LogP contribution >= 0.6 is 0 Å². The van der Waals surface area contributed by atoms with Gasteiger partial charge in [-0.3, -0.25) is 0 Å². The minimum Gasteiger partial charge on any atom is -0.231 e. The van der Waals surface area contributed by atoms with Crippen LogP contribution in [0.3, 0.4) is 0 Å². The summed E-state index contributed by atoms with van der Waals surface area (Å²) < 4.78 is 39.9. The Morgan fingerprint density at radius 3 is 2.62 bits per heavy atom. The molecule has 0 spiro atoms. The highest BCUT2D eigenvalue weighted by atomic mass is 19.4. The lowest BCUT2D eigenvalue weighted by molar-refractivity contribution is -0.161. The zero-order valence-electron chi connectivity index (χ0n) is 8.20. The molecule has 84 valence electrons. The van der Waals surface area contributed by atoms with Crippen LogP contribution in [0.5, 0.6) is 0 Å². The molecule has 1 saturated carbocycles. The van der Waals surface area contributed by atoms with E-state index in [0.717, 1.165) is 0 Å². The number of halogens is 3. The van der Waals surface area contributed by atoms with Crippen molar-refractivity contribution < 1.29 is 13.2 Å². The van der Waals surface area contributed by atoms with Gasteiger partial charge in [0.2, 0.25) is 0 Å². The second kappa shape index (κ2) is 2.75.